The van der Waals surface area contributed by atoms with Crippen LogP contribution < -0.4 is 23.6 Å². The van der Waals surface area contributed by atoms with Crippen LogP contribution in [0.2, 0.25) is 0 Å². The summed E-state index contributed by atoms with van der Waals surface area (Å²) >= 11 is 0. The molecule has 68 valence electrons. The maximum Gasteiger partial charge on any atom is 1.00 e. The molecule has 0 aliphatic heterocycles. The van der Waals surface area contributed by atoms with Crippen molar-refractivity contribution in [3.63, 3.8) is 0 Å². The molecule has 0 saturated carbocycles. The number of unbranched alkanes of at least 4 members (excludes halogenated alkanes) is 1. The molecule has 0 radical (unpaired) electrons. The van der Waals surface area contributed by atoms with Gasteiger partial charge in [-0.05, 0) is 12.1 Å². The van der Waals surface area contributed by atoms with Crippen LogP contribution in [0.4, 0.5) is 0 Å². The monoisotopic (exact) mass is 172 g/mol. The Morgan fingerprint density at radius 3 is 1.92 bits per heavy atom. The summed E-state index contributed by atoms with van der Waals surface area (Å²) in [6.45, 7) is 5.72. The van der Waals surface area contributed by atoms with E-state index in [1.165, 1.54) is 6.42 Å². The molecule has 0 fully saturated rings. The van der Waals surface area contributed by atoms with Crippen LogP contribution in [0.5, 0.6) is 5.75 Å². The summed E-state index contributed by atoms with van der Waals surface area (Å²) in [5.41, 5.74) is 0. The fourth-order valence-electron chi connectivity index (χ4n) is 0.557. The van der Waals surface area contributed by atoms with E-state index < -0.39 is 0 Å². The van der Waals surface area contributed by atoms with Crippen molar-refractivity contribution >= 4 is 0 Å². The molecule has 1 aromatic carbocycles. The van der Waals surface area contributed by atoms with E-state index in [0.29, 0.717) is 0 Å². The largest absolute Gasteiger partial charge is 1.00 e. The van der Waals surface area contributed by atoms with Gasteiger partial charge in [0.05, 0.1) is 7.11 Å². The average Bonchev–Trinajstić information content (AvgIpc) is 2.19. The third-order valence-electron chi connectivity index (χ3n) is 1.33. The minimum atomic E-state index is 0. The van der Waals surface area contributed by atoms with Gasteiger partial charge >= 0.3 is 18.9 Å². The molecule has 2 heteroatoms. The van der Waals surface area contributed by atoms with Crippen LogP contribution in [0.3, 0.4) is 0 Å². The number of para-hydroxylation sites is 1. The molecule has 0 saturated heterocycles. The maximum atomic E-state index is 4.91. The fourth-order valence-corrected chi connectivity index (χ4v) is 0.557. The molecule has 1 nitrogen and oxygen atoms in total. The zero-order valence-electron chi connectivity index (χ0n) is 8.92. The molecule has 0 spiro atoms. The first-order valence-corrected chi connectivity index (χ1v) is 4.23. The molecule has 1 rings (SSSR count). The van der Waals surface area contributed by atoms with Crippen molar-refractivity contribution in [3.05, 3.63) is 37.3 Å². The van der Waals surface area contributed by atoms with Crippen LogP contribution in [-0.2, 0) is 0 Å². The van der Waals surface area contributed by atoms with Gasteiger partial charge in [0.15, 0.2) is 0 Å². The van der Waals surface area contributed by atoms with E-state index in [1.54, 1.807) is 7.11 Å². The van der Waals surface area contributed by atoms with Crippen LogP contribution in [0.15, 0.2) is 30.3 Å². The minimum absolute atomic E-state index is 0. The Hall–Kier alpha value is -0.383. The van der Waals surface area contributed by atoms with Crippen LogP contribution in [0.25, 0.3) is 0 Å². The van der Waals surface area contributed by atoms with E-state index in [0.717, 1.165) is 12.2 Å². The Morgan fingerprint density at radius 1 is 1.23 bits per heavy atom. The van der Waals surface area contributed by atoms with Gasteiger partial charge in [0.25, 0.3) is 0 Å². The van der Waals surface area contributed by atoms with Gasteiger partial charge in [-0.25, -0.2) is 0 Å². The van der Waals surface area contributed by atoms with Crippen molar-refractivity contribution in [3.8, 4) is 5.75 Å². The van der Waals surface area contributed by atoms with Gasteiger partial charge < -0.3 is 11.7 Å². The Bertz CT molecular complexity index is 173. The van der Waals surface area contributed by atoms with Crippen LogP contribution in [0, 0.1) is 6.92 Å². The molecule has 0 N–H and O–H groups in total. The van der Waals surface area contributed by atoms with E-state index >= 15 is 0 Å². The number of rotatable bonds is 2. The van der Waals surface area contributed by atoms with Crippen molar-refractivity contribution in [2.24, 2.45) is 0 Å². The molecule has 0 bridgehead atoms. The van der Waals surface area contributed by atoms with Crippen molar-refractivity contribution in [1.29, 1.82) is 0 Å². The van der Waals surface area contributed by atoms with Gasteiger partial charge in [0.1, 0.15) is 5.75 Å². The van der Waals surface area contributed by atoms with E-state index in [9.17, 15) is 0 Å². The Morgan fingerprint density at radius 2 is 1.69 bits per heavy atom. The number of ether oxygens (including phenoxy) is 1. The van der Waals surface area contributed by atoms with Crippen LogP contribution >= 0.6 is 0 Å². The first kappa shape index (κ1) is 15.1. The number of hydrogen-bond donors (Lipinski definition) is 0. The van der Waals surface area contributed by atoms with Crippen LogP contribution in [-0.4, -0.2) is 7.11 Å². The summed E-state index contributed by atoms with van der Waals surface area (Å²) in [5.74, 6) is 0.910. The summed E-state index contributed by atoms with van der Waals surface area (Å²) < 4.78 is 4.91. The van der Waals surface area contributed by atoms with Crippen molar-refractivity contribution in [2.45, 2.75) is 19.8 Å². The molecular formula is C11H17LiO. The summed E-state index contributed by atoms with van der Waals surface area (Å²) in [6, 6.07) is 9.68. The Labute approximate surface area is 93.7 Å². The molecule has 0 aromatic heterocycles. The van der Waals surface area contributed by atoms with Gasteiger partial charge in [-0.2, -0.15) is 6.42 Å². The molecule has 0 aliphatic rings. The third-order valence-corrected chi connectivity index (χ3v) is 1.33. The normalized spacial score (nSPS) is 7.62. The zero-order chi connectivity index (χ0) is 9.23. The molecule has 0 aliphatic carbocycles. The predicted molar refractivity (Wildman–Crippen MR) is 53.3 cm³/mol. The predicted octanol–water partition coefficient (Wildman–Crippen LogP) is 0.320. The van der Waals surface area contributed by atoms with Gasteiger partial charge in [-0.1, -0.05) is 31.5 Å². The minimum Gasteiger partial charge on any atom is -0.497 e. The quantitative estimate of drug-likeness (QED) is 0.461. The van der Waals surface area contributed by atoms with Gasteiger partial charge in [0, 0.05) is 0 Å². The fraction of sp³-hybridized carbons (Fsp3) is 0.364. The molecule has 0 atom stereocenters. The number of hydrogen-bond acceptors (Lipinski definition) is 1. The summed E-state index contributed by atoms with van der Waals surface area (Å²) in [7, 11) is 1.66. The second kappa shape index (κ2) is 11.6. The van der Waals surface area contributed by atoms with Gasteiger partial charge in [-0.3, -0.25) is 0 Å². The topological polar surface area (TPSA) is 9.23 Å². The second-order valence-electron chi connectivity index (χ2n) is 2.37. The molecular weight excluding hydrogens is 155 g/mol. The molecule has 13 heavy (non-hydrogen) atoms. The second-order valence-corrected chi connectivity index (χ2v) is 2.37. The van der Waals surface area contributed by atoms with E-state index in [-0.39, 0.29) is 18.9 Å². The van der Waals surface area contributed by atoms with Crippen molar-refractivity contribution in [2.75, 3.05) is 7.11 Å². The van der Waals surface area contributed by atoms with Gasteiger partial charge in [0.2, 0.25) is 0 Å². The van der Waals surface area contributed by atoms with E-state index in [4.69, 9.17) is 4.74 Å². The number of benzene rings is 1. The molecule has 0 amide bonds. The molecule has 1 aromatic rings. The van der Waals surface area contributed by atoms with E-state index in [2.05, 4.69) is 13.8 Å². The first-order valence-electron chi connectivity index (χ1n) is 4.23. The smallest absolute Gasteiger partial charge is 0.497 e. The van der Waals surface area contributed by atoms with Gasteiger partial charge in [-0.15, -0.1) is 0 Å². The Kier molecular flexibility index (Phi) is 13.5. The third kappa shape index (κ3) is 9.53. The average molecular weight is 172 g/mol. The standard InChI is InChI=1S/C7H8O.C4H9.Li/c1-8-7-5-3-2-4-6-7;1-3-4-2;/h2-6H,1H3;1,3-4H2,2H3;/q;-1;+1. The SMILES string of the molecule is COc1ccccc1.[CH2-]CCC.[Li+]. The Balaban J connectivity index is 0. The number of methoxy groups -OCH3 is 1. The molecule has 0 heterocycles. The molecule has 0 unspecified atom stereocenters. The van der Waals surface area contributed by atoms with Crippen molar-refractivity contribution < 1.29 is 23.6 Å². The first-order chi connectivity index (χ1) is 5.85. The summed E-state index contributed by atoms with van der Waals surface area (Å²) in [4.78, 5) is 0. The maximum absolute atomic E-state index is 4.91. The van der Waals surface area contributed by atoms with E-state index in [1.807, 2.05) is 30.3 Å². The van der Waals surface area contributed by atoms with Crippen molar-refractivity contribution in [1.82, 2.24) is 0 Å². The summed E-state index contributed by atoms with van der Waals surface area (Å²) in [6.07, 6.45) is 2.28. The summed E-state index contributed by atoms with van der Waals surface area (Å²) in [5, 5.41) is 0. The zero-order valence-corrected chi connectivity index (χ0v) is 8.92. The van der Waals surface area contributed by atoms with Crippen LogP contribution in [0.1, 0.15) is 19.8 Å².